The van der Waals surface area contributed by atoms with Gasteiger partial charge in [-0.2, -0.15) is 0 Å². The molecule has 0 aromatic heterocycles. The normalized spacial score (nSPS) is 22.7. The SMILES string of the molecule is O=C(O)/C=C\C(=O)OC1SCC2C1N(Cc1ccccc1)C(=O)N2Cc1ccccc1. The van der Waals surface area contributed by atoms with Gasteiger partial charge in [-0.1, -0.05) is 60.7 Å². The zero-order chi connectivity index (χ0) is 21.8. The van der Waals surface area contributed by atoms with E-state index in [-0.39, 0.29) is 18.1 Å². The van der Waals surface area contributed by atoms with E-state index >= 15 is 0 Å². The number of nitrogens with zero attached hydrogens (tertiary/aromatic N) is 2. The predicted octanol–water partition coefficient (Wildman–Crippen LogP) is 3.12. The van der Waals surface area contributed by atoms with E-state index < -0.39 is 17.4 Å². The third kappa shape index (κ3) is 4.74. The number of fused-ring (bicyclic) bond motifs is 1. The van der Waals surface area contributed by atoms with Crippen LogP contribution in [0, 0.1) is 0 Å². The number of carbonyl (C=O) groups is 3. The molecule has 2 fully saturated rings. The lowest BCUT2D eigenvalue weighted by atomic mass is 10.1. The molecule has 4 rings (SSSR count). The molecule has 31 heavy (non-hydrogen) atoms. The molecule has 2 saturated heterocycles. The second-order valence-electron chi connectivity index (χ2n) is 7.38. The van der Waals surface area contributed by atoms with Crippen LogP contribution < -0.4 is 0 Å². The van der Waals surface area contributed by atoms with E-state index in [0.29, 0.717) is 18.8 Å². The fourth-order valence-electron chi connectivity index (χ4n) is 3.95. The molecule has 7 nitrogen and oxygen atoms in total. The van der Waals surface area contributed by atoms with Crippen molar-refractivity contribution in [2.75, 3.05) is 5.75 Å². The lowest BCUT2D eigenvalue weighted by Gasteiger charge is -2.26. The minimum atomic E-state index is -1.22. The van der Waals surface area contributed by atoms with Gasteiger partial charge in [-0.05, 0) is 11.1 Å². The van der Waals surface area contributed by atoms with Gasteiger partial charge in [-0.15, -0.1) is 11.8 Å². The second kappa shape index (κ2) is 9.26. The maximum atomic E-state index is 13.4. The minimum Gasteiger partial charge on any atom is -0.478 e. The Kier molecular flexibility index (Phi) is 6.27. The number of benzene rings is 2. The molecule has 3 atom stereocenters. The molecule has 0 aliphatic carbocycles. The first kappa shape index (κ1) is 21.0. The van der Waals surface area contributed by atoms with Crippen LogP contribution in [0.3, 0.4) is 0 Å². The van der Waals surface area contributed by atoms with Gasteiger partial charge >= 0.3 is 18.0 Å². The Morgan fingerprint density at radius 3 is 2.13 bits per heavy atom. The highest BCUT2D eigenvalue weighted by atomic mass is 32.2. The summed E-state index contributed by atoms with van der Waals surface area (Å²) in [7, 11) is 0. The van der Waals surface area contributed by atoms with Crippen molar-refractivity contribution < 1.29 is 24.2 Å². The van der Waals surface area contributed by atoms with Gasteiger partial charge in [0.1, 0.15) is 6.04 Å². The van der Waals surface area contributed by atoms with Crippen molar-refractivity contribution >= 4 is 29.7 Å². The number of carboxylic acids is 1. The molecule has 2 aromatic carbocycles. The number of amides is 2. The zero-order valence-electron chi connectivity index (χ0n) is 16.7. The van der Waals surface area contributed by atoms with E-state index in [2.05, 4.69) is 0 Å². The highest BCUT2D eigenvalue weighted by molar-refractivity contribution is 8.00. The number of rotatable bonds is 7. The van der Waals surface area contributed by atoms with Crippen LogP contribution in [0.15, 0.2) is 72.8 Å². The van der Waals surface area contributed by atoms with Gasteiger partial charge in [-0.3, -0.25) is 0 Å². The van der Waals surface area contributed by atoms with Crippen LogP contribution in [-0.2, 0) is 27.4 Å². The third-order valence-electron chi connectivity index (χ3n) is 5.34. The Bertz CT molecular complexity index is 982. The quantitative estimate of drug-likeness (QED) is 0.406. The topological polar surface area (TPSA) is 87.1 Å². The van der Waals surface area contributed by atoms with Crippen LogP contribution in [0.4, 0.5) is 4.79 Å². The summed E-state index contributed by atoms with van der Waals surface area (Å²) in [6.45, 7) is 0.887. The fourth-order valence-corrected chi connectivity index (χ4v) is 5.40. The van der Waals surface area contributed by atoms with Gasteiger partial charge in [0.2, 0.25) is 0 Å². The average Bonchev–Trinajstić information content (AvgIpc) is 3.28. The molecule has 2 aliphatic heterocycles. The summed E-state index contributed by atoms with van der Waals surface area (Å²) in [5, 5.41) is 8.73. The van der Waals surface area contributed by atoms with Crippen LogP contribution in [0.25, 0.3) is 0 Å². The van der Waals surface area contributed by atoms with Gasteiger partial charge < -0.3 is 19.6 Å². The summed E-state index contributed by atoms with van der Waals surface area (Å²) >= 11 is 1.47. The number of aliphatic carboxylic acids is 1. The van der Waals surface area contributed by atoms with E-state index in [9.17, 15) is 14.4 Å². The van der Waals surface area contributed by atoms with Crippen molar-refractivity contribution in [3.8, 4) is 0 Å². The van der Waals surface area contributed by atoms with E-state index in [0.717, 1.165) is 23.3 Å². The number of hydrogen-bond donors (Lipinski definition) is 1. The molecule has 2 aromatic rings. The van der Waals surface area contributed by atoms with E-state index in [1.165, 1.54) is 11.8 Å². The van der Waals surface area contributed by atoms with Crippen LogP contribution in [0.1, 0.15) is 11.1 Å². The first-order valence-corrected chi connectivity index (χ1v) is 11.0. The molecule has 0 spiro atoms. The first-order chi connectivity index (χ1) is 15.0. The summed E-state index contributed by atoms with van der Waals surface area (Å²) in [6.07, 6.45) is 1.65. The molecule has 3 unspecified atom stereocenters. The van der Waals surface area contributed by atoms with E-state index in [1.54, 1.807) is 4.90 Å². The van der Waals surface area contributed by atoms with Crippen LogP contribution in [-0.4, -0.2) is 56.1 Å². The van der Waals surface area contributed by atoms with Gasteiger partial charge in [0.15, 0.2) is 5.44 Å². The average molecular weight is 439 g/mol. The fraction of sp³-hybridized carbons (Fsp3) is 0.261. The van der Waals surface area contributed by atoms with E-state index in [1.807, 2.05) is 65.6 Å². The zero-order valence-corrected chi connectivity index (χ0v) is 17.5. The minimum absolute atomic E-state index is 0.0925. The van der Waals surface area contributed by atoms with Crippen molar-refractivity contribution in [1.29, 1.82) is 0 Å². The Balaban J connectivity index is 1.57. The monoisotopic (exact) mass is 438 g/mol. The molecule has 0 bridgehead atoms. The number of carboxylic acid groups (broad SMARTS) is 1. The molecule has 2 amide bonds. The van der Waals surface area contributed by atoms with Crippen molar-refractivity contribution in [2.24, 2.45) is 0 Å². The summed E-state index contributed by atoms with van der Waals surface area (Å²) in [6, 6.07) is 19.0. The summed E-state index contributed by atoms with van der Waals surface area (Å²) in [5.74, 6) is -1.31. The summed E-state index contributed by atoms with van der Waals surface area (Å²) in [4.78, 5) is 39.8. The molecular formula is C23H22N2O5S. The summed E-state index contributed by atoms with van der Waals surface area (Å²) in [5.41, 5.74) is 1.46. The predicted molar refractivity (Wildman–Crippen MR) is 116 cm³/mol. The third-order valence-corrected chi connectivity index (χ3v) is 6.58. The Morgan fingerprint density at radius 2 is 1.55 bits per heavy atom. The van der Waals surface area contributed by atoms with Crippen molar-refractivity contribution in [2.45, 2.75) is 30.6 Å². The van der Waals surface area contributed by atoms with Crippen molar-refractivity contribution in [3.05, 3.63) is 83.9 Å². The number of carbonyl (C=O) groups excluding carboxylic acids is 2. The lowest BCUT2D eigenvalue weighted by Crippen LogP contribution is -2.42. The highest BCUT2D eigenvalue weighted by Gasteiger charge is 2.54. The Morgan fingerprint density at radius 1 is 0.968 bits per heavy atom. The number of esters is 1. The molecular weight excluding hydrogens is 416 g/mol. The van der Waals surface area contributed by atoms with Gasteiger partial charge in [0.25, 0.3) is 0 Å². The Hall–Kier alpha value is -3.26. The van der Waals surface area contributed by atoms with Crippen LogP contribution >= 0.6 is 11.8 Å². The number of urea groups is 1. The number of thioether (sulfide) groups is 1. The molecule has 0 saturated carbocycles. The molecule has 0 radical (unpaired) electrons. The molecule has 2 aliphatic rings. The van der Waals surface area contributed by atoms with Crippen LogP contribution in [0.2, 0.25) is 0 Å². The molecule has 160 valence electrons. The number of ether oxygens (including phenoxy) is 1. The first-order valence-electron chi connectivity index (χ1n) is 9.91. The highest BCUT2D eigenvalue weighted by Crippen LogP contribution is 2.41. The van der Waals surface area contributed by atoms with Crippen molar-refractivity contribution in [3.63, 3.8) is 0 Å². The summed E-state index contributed by atoms with van der Waals surface area (Å²) < 4.78 is 5.54. The van der Waals surface area contributed by atoms with Crippen LogP contribution in [0.5, 0.6) is 0 Å². The van der Waals surface area contributed by atoms with E-state index in [4.69, 9.17) is 9.84 Å². The standard InChI is InChI=1S/C23H22N2O5S/c26-19(27)11-12-20(28)30-22-21-18(15-31-22)24(13-16-7-3-1-4-8-16)23(29)25(21)14-17-9-5-2-6-10-17/h1-12,18,21-22H,13-15H2,(H,26,27)/b12-11-. The second-order valence-corrected chi connectivity index (χ2v) is 8.51. The Labute approximate surface area is 184 Å². The molecule has 2 heterocycles. The maximum absolute atomic E-state index is 13.4. The van der Waals surface area contributed by atoms with Gasteiger partial charge in [0, 0.05) is 31.0 Å². The lowest BCUT2D eigenvalue weighted by molar-refractivity contribution is -0.141. The smallest absolute Gasteiger partial charge is 0.332 e. The molecule has 8 heteroatoms. The van der Waals surface area contributed by atoms with Gasteiger partial charge in [-0.25, -0.2) is 14.4 Å². The van der Waals surface area contributed by atoms with Crippen molar-refractivity contribution in [1.82, 2.24) is 9.80 Å². The molecule has 1 N–H and O–H groups in total. The maximum Gasteiger partial charge on any atom is 0.332 e. The largest absolute Gasteiger partial charge is 0.478 e. The van der Waals surface area contributed by atoms with Gasteiger partial charge in [0.05, 0.1) is 6.04 Å². The number of hydrogen-bond acceptors (Lipinski definition) is 5.